The number of amides is 2. The number of thiol groups is 1. The number of carbonyl (C=O) groups is 2. The minimum Gasteiger partial charge on any atom is -0.353 e. The Morgan fingerprint density at radius 2 is 1.89 bits per heavy atom. The lowest BCUT2D eigenvalue weighted by Crippen LogP contribution is -2.31. The van der Waals surface area contributed by atoms with E-state index in [1.165, 1.54) is 0 Å². The monoisotopic (exact) mass is 264 g/mol. The highest BCUT2D eigenvalue weighted by molar-refractivity contribution is 7.80. The quantitative estimate of drug-likeness (QED) is 0.704. The molecule has 4 nitrogen and oxygen atoms in total. The molecule has 1 saturated carbocycles. The van der Waals surface area contributed by atoms with Gasteiger partial charge in [-0.2, -0.15) is 0 Å². The number of hydrogen-bond acceptors (Lipinski definition) is 3. The van der Waals surface area contributed by atoms with E-state index in [1.54, 1.807) is 24.3 Å². The summed E-state index contributed by atoms with van der Waals surface area (Å²) in [7, 11) is 0. The summed E-state index contributed by atoms with van der Waals surface area (Å²) in [6.07, 6.45) is 2.48. The second-order valence-electron chi connectivity index (χ2n) is 4.39. The molecular formula is C13H16N2O2S. The van der Waals surface area contributed by atoms with E-state index in [-0.39, 0.29) is 11.8 Å². The van der Waals surface area contributed by atoms with E-state index in [4.69, 9.17) is 0 Å². The molecule has 0 heterocycles. The van der Waals surface area contributed by atoms with Crippen molar-refractivity contribution in [3.63, 3.8) is 0 Å². The van der Waals surface area contributed by atoms with Gasteiger partial charge in [-0.25, -0.2) is 0 Å². The van der Waals surface area contributed by atoms with Crippen LogP contribution in [-0.4, -0.2) is 24.4 Å². The molecular weight excluding hydrogens is 248 g/mol. The Morgan fingerprint density at radius 3 is 2.50 bits per heavy atom. The summed E-state index contributed by atoms with van der Waals surface area (Å²) in [6, 6.07) is 7.32. The minimum atomic E-state index is -0.164. The predicted octanol–water partition coefficient (Wildman–Crippen LogP) is 1.37. The highest BCUT2D eigenvalue weighted by Crippen LogP contribution is 2.18. The van der Waals surface area contributed by atoms with Crippen molar-refractivity contribution in [1.29, 1.82) is 0 Å². The molecule has 0 unspecified atom stereocenters. The van der Waals surface area contributed by atoms with Crippen LogP contribution in [0.25, 0.3) is 0 Å². The van der Waals surface area contributed by atoms with Crippen LogP contribution in [0.15, 0.2) is 29.2 Å². The Balaban J connectivity index is 1.70. The van der Waals surface area contributed by atoms with Crippen LogP contribution in [0.2, 0.25) is 0 Å². The molecule has 1 aliphatic rings. The van der Waals surface area contributed by atoms with E-state index >= 15 is 0 Å². The molecule has 1 aromatic rings. The lowest BCUT2D eigenvalue weighted by atomic mass is 10.2. The molecule has 0 saturated heterocycles. The fourth-order valence-corrected chi connectivity index (χ4v) is 1.68. The molecule has 18 heavy (non-hydrogen) atoms. The molecule has 0 bridgehead atoms. The van der Waals surface area contributed by atoms with Crippen molar-refractivity contribution in [1.82, 2.24) is 10.6 Å². The smallest absolute Gasteiger partial charge is 0.251 e. The van der Waals surface area contributed by atoms with Gasteiger partial charge in [0.15, 0.2) is 0 Å². The van der Waals surface area contributed by atoms with Crippen molar-refractivity contribution in [3.8, 4) is 0 Å². The number of benzene rings is 1. The van der Waals surface area contributed by atoms with Crippen LogP contribution < -0.4 is 10.6 Å². The molecule has 2 amide bonds. The first-order valence-electron chi connectivity index (χ1n) is 6.02. The van der Waals surface area contributed by atoms with E-state index in [2.05, 4.69) is 23.3 Å². The topological polar surface area (TPSA) is 58.2 Å². The normalized spacial score (nSPS) is 14.1. The largest absolute Gasteiger partial charge is 0.353 e. The van der Waals surface area contributed by atoms with Crippen molar-refractivity contribution in [2.24, 2.45) is 0 Å². The zero-order valence-electron chi connectivity index (χ0n) is 9.98. The van der Waals surface area contributed by atoms with Crippen molar-refractivity contribution >= 4 is 24.4 Å². The number of rotatable bonds is 5. The van der Waals surface area contributed by atoms with Crippen molar-refractivity contribution in [2.45, 2.75) is 30.2 Å². The van der Waals surface area contributed by atoms with E-state index in [1.807, 2.05) is 0 Å². The van der Waals surface area contributed by atoms with E-state index < -0.39 is 0 Å². The van der Waals surface area contributed by atoms with Crippen LogP contribution in [0.3, 0.4) is 0 Å². The van der Waals surface area contributed by atoms with Gasteiger partial charge in [0.1, 0.15) is 0 Å². The van der Waals surface area contributed by atoms with Gasteiger partial charge in [-0.3, -0.25) is 9.59 Å². The van der Waals surface area contributed by atoms with Crippen LogP contribution in [0, 0.1) is 0 Å². The van der Waals surface area contributed by atoms with Gasteiger partial charge in [0.05, 0.1) is 0 Å². The molecule has 2 rings (SSSR count). The van der Waals surface area contributed by atoms with E-state index in [9.17, 15) is 9.59 Å². The van der Waals surface area contributed by atoms with Gasteiger partial charge in [0.2, 0.25) is 5.91 Å². The molecule has 1 aromatic carbocycles. The Morgan fingerprint density at radius 1 is 1.22 bits per heavy atom. The third kappa shape index (κ3) is 4.07. The average molecular weight is 264 g/mol. The molecule has 96 valence electrons. The first kappa shape index (κ1) is 13.0. The van der Waals surface area contributed by atoms with Gasteiger partial charge in [0.25, 0.3) is 5.91 Å². The Bertz CT molecular complexity index is 441. The summed E-state index contributed by atoms with van der Waals surface area (Å²) < 4.78 is 0. The van der Waals surface area contributed by atoms with Gasteiger partial charge in [0, 0.05) is 29.5 Å². The summed E-state index contributed by atoms with van der Waals surface area (Å²) in [4.78, 5) is 23.9. The second kappa shape index (κ2) is 5.91. The van der Waals surface area contributed by atoms with Gasteiger partial charge in [-0.1, -0.05) is 0 Å². The number of hydrogen-bond donors (Lipinski definition) is 3. The van der Waals surface area contributed by atoms with Crippen molar-refractivity contribution in [2.75, 3.05) is 6.54 Å². The van der Waals surface area contributed by atoms with E-state index in [0.29, 0.717) is 24.6 Å². The van der Waals surface area contributed by atoms with Crippen molar-refractivity contribution in [3.05, 3.63) is 29.8 Å². The van der Waals surface area contributed by atoms with Gasteiger partial charge in [-0.15, -0.1) is 12.6 Å². The summed E-state index contributed by atoms with van der Waals surface area (Å²) in [6.45, 7) is 0.361. The first-order valence-corrected chi connectivity index (χ1v) is 6.46. The molecule has 0 atom stereocenters. The predicted molar refractivity (Wildman–Crippen MR) is 71.8 cm³/mol. The molecule has 0 spiro atoms. The lowest BCUT2D eigenvalue weighted by Gasteiger charge is -2.06. The Labute approximate surface area is 112 Å². The SMILES string of the molecule is O=C(CCNC(=O)c1ccc(S)cc1)NC1CC1. The lowest BCUT2D eigenvalue weighted by molar-refractivity contribution is -0.121. The molecule has 0 aliphatic heterocycles. The van der Waals surface area contributed by atoms with Crippen LogP contribution in [0.1, 0.15) is 29.6 Å². The van der Waals surface area contributed by atoms with Crippen LogP contribution in [0.4, 0.5) is 0 Å². The average Bonchev–Trinajstić information content (AvgIpc) is 3.13. The third-order valence-electron chi connectivity index (χ3n) is 2.71. The Hall–Kier alpha value is -1.49. The maximum absolute atomic E-state index is 11.7. The van der Waals surface area contributed by atoms with Gasteiger partial charge >= 0.3 is 0 Å². The highest BCUT2D eigenvalue weighted by Gasteiger charge is 2.22. The Kier molecular flexibility index (Phi) is 4.25. The number of carbonyl (C=O) groups excluding carboxylic acids is 2. The maximum Gasteiger partial charge on any atom is 0.251 e. The molecule has 1 fully saturated rings. The molecule has 0 aromatic heterocycles. The molecule has 0 radical (unpaired) electrons. The van der Waals surface area contributed by atoms with Crippen LogP contribution in [0.5, 0.6) is 0 Å². The summed E-state index contributed by atoms with van der Waals surface area (Å²) >= 11 is 4.15. The minimum absolute atomic E-state index is 0.00325. The summed E-state index contributed by atoms with van der Waals surface area (Å²) in [5.74, 6) is -0.161. The summed E-state index contributed by atoms with van der Waals surface area (Å²) in [5.41, 5.74) is 0.579. The van der Waals surface area contributed by atoms with Gasteiger partial charge in [-0.05, 0) is 37.1 Å². The van der Waals surface area contributed by atoms with Crippen molar-refractivity contribution < 1.29 is 9.59 Å². The van der Waals surface area contributed by atoms with Crippen LogP contribution in [-0.2, 0) is 4.79 Å². The van der Waals surface area contributed by atoms with Gasteiger partial charge < -0.3 is 10.6 Å². The third-order valence-corrected chi connectivity index (χ3v) is 3.01. The molecule has 5 heteroatoms. The fourth-order valence-electron chi connectivity index (χ4n) is 1.53. The van der Waals surface area contributed by atoms with E-state index in [0.717, 1.165) is 17.7 Å². The fraction of sp³-hybridized carbons (Fsp3) is 0.385. The maximum atomic E-state index is 11.7. The first-order chi connectivity index (χ1) is 8.65. The standard InChI is InChI=1S/C13H16N2O2S/c16-12(15-10-3-4-10)7-8-14-13(17)9-1-5-11(18)6-2-9/h1-2,5-6,10,18H,3-4,7-8H2,(H,14,17)(H,15,16). The van der Waals surface area contributed by atoms with Crippen LogP contribution >= 0.6 is 12.6 Å². The molecule has 2 N–H and O–H groups in total. The highest BCUT2D eigenvalue weighted by atomic mass is 32.1. The zero-order chi connectivity index (χ0) is 13.0. The second-order valence-corrected chi connectivity index (χ2v) is 4.91. The number of nitrogens with one attached hydrogen (secondary N) is 2. The zero-order valence-corrected chi connectivity index (χ0v) is 10.9. The molecule has 1 aliphatic carbocycles. The summed E-state index contributed by atoms with van der Waals surface area (Å²) in [5, 5.41) is 5.59.